The van der Waals surface area contributed by atoms with Crippen molar-refractivity contribution in [3.8, 4) is 0 Å². The van der Waals surface area contributed by atoms with Gasteiger partial charge in [-0.05, 0) is 43.0 Å². The summed E-state index contributed by atoms with van der Waals surface area (Å²) in [5.74, 6) is -0.223. The van der Waals surface area contributed by atoms with Crippen molar-refractivity contribution in [2.24, 2.45) is 0 Å². The van der Waals surface area contributed by atoms with Gasteiger partial charge in [0.25, 0.3) is 0 Å². The molecule has 2 aromatic rings. The topological polar surface area (TPSA) is 25.2 Å². The molecule has 2 nitrogen and oxygen atoms in total. The van der Waals surface area contributed by atoms with Crippen LogP contribution in [-0.2, 0) is 6.54 Å². The Bertz CT molecular complexity index is 462. The van der Waals surface area contributed by atoms with Gasteiger partial charge in [-0.25, -0.2) is 4.39 Å². The van der Waals surface area contributed by atoms with Crippen LogP contribution in [0.3, 0.4) is 0 Å². The number of aryl methyl sites for hydroxylation is 1. The first kappa shape index (κ1) is 10.2. The van der Waals surface area contributed by atoms with Crippen LogP contribution in [-0.4, -0.2) is 15.8 Å². The maximum atomic E-state index is 13.0. The zero-order valence-corrected chi connectivity index (χ0v) is 8.65. The average Bonchev–Trinajstić information content (AvgIpc) is 2.57. The number of hydrogen-bond donors (Lipinski definition) is 1. The van der Waals surface area contributed by atoms with Gasteiger partial charge in [-0.3, -0.25) is 0 Å². The van der Waals surface area contributed by atoms with Crippen molar-refractivity contribution < 1.29 is 9.50 Å². The lowest BCUT2D eigenvalue weighted by Crippen LogP contribution is -2.05. The molecule has 1 atom stereocenters. The summed E-state index contributed by atoms with van der Waals surface area (Å²) in [6.07, 6.45) is 2.28. The van der Waals surface area contributed by atoms with Crippen LogP contribution in [0.5, 0.6) is 0 Å². The number of aliphatic hydroxyl groups excluding tert-OH is 1. The first-order valence-electron chi connectivity index (χ1n) is 5.09. The summed E-state index contributed by atoms with van der Waals surface area (Å²) in [4.78, 5) is 0. The van der Waals surface area contributed by atoms with Crippen molar-refractivity contribution in [1.29, 1.82) is 0 Å². The number of aliphatic hydroxyl groups is 1. The molecule has 15 heavy (non-hydrogen) atoms. The molecule has 0 fully saturated rings. The van der Waals surface area contributed by atoms with E-state index >= 15 is 0 Å². The van der Waals surface area contributed by atoms with Crippen molar-refractivity contribution in [2.45, 2.75) is 26.0 Å². The van der Waals surface area contributed by atoms with Crippen molar-refractivity contribution in [1.82, 2.24) is 4.57 Å². The third kappa shape index (κ3) is 2.18. The molecule has 0 amide bonds. The zero-order valence-electron chi connectivity index (χ0n) is 8.65. The molecule has 3 heteroatoms. The second-order valence-corrected chi connectivity index (χ2v) is 3.85. The summed E-state index contributed by atoms with van der Waals surface area (Å²) in [6, 6.07) is 6.71. The summed E-state index contributed by atoms with van der Waals surface area (Å²) in [5, 5.41) is 10.2. The minimum atomic E-state index is -0.323. The molecule has 0 bridgehead atoms. The normalized spacial score (nSPS) is 13.3. The molecule has 1 unspecified atom stereocenters. The smallest absolute Gasteiger partial charge is 0.125 e. The number of hydrogen-bond acceptors (Lipinski definition) is 1. The minimum Gasteiger partial charge on any atom is -0.393 e. The van der Waals surface area contributed by atoms with E-state index in [2.05, 4.69) is 0 Å². The van der Waals surface area contributed by atoms with E-state index in [0.29, 0.717) is 13.0 Å². The summed E-state index contributed by atoms with van der Waals surface area (Å²) in [7, 11) is 0. The number of benzene rings is 1. The molecular formula is C12H14FNO. The van der Waals surface area contributed by atoms with E-state index in [9.17, 15) is 9.50 Å². The zero-order chi connectivity index (χ0) is 10.8. The fourth-order valence-corrected chi connectivity index (χ4v) is 1.68. The highest BCUT2D eigenvalue weighted by Gasteiger charge is 2.03. The predicted molar refractivity (Wildman–Crippen MR) is 58.2 cm³/mol. The van der Waals surface area contributed by atoms with Gasteiger partial charge >= 0.3 is 0 Å². The van der Waals surface area contributed by atoms with Crippen LogP contribution in [0.1, 0.15) is 13.3 Å². The van der Waals surface area contributed by atoms with Crippen molar-refractivity contribution in [2.75, 3.05) is 0 Å². The molecule has 1 N–H and O–H groups in total. The predicted octanol–water partition coefficient (Wildman–Crippen LogP) is 2.55. The van der Waals surface area contributed by atoms with Crippen LogP contribution < -0.4 is 0 Å². The van der Waals surface area contributed by atoms with Gasteiger partial charge in [0.05, 0.1) is 11.6 Å². The second kappa shape index (κ2) is 4.03. The molecule has 2 rings (SSSR count). The summed E-state index contributed by atoms with van der Waals surface area (Å²) < 4.78 is 15.0. The van der Waals surface area contributed by atoms with Crippen LogP contribution in [0.25, 0.3) is 10.9 Å². The number of halogens is 1. The summed E-state index contributed by atoms with van der Waals surface area (Å²) >= 11 is 0. The maximum absolute atomic E-state index is 13.0. The van der Waals surface area contributed by atoms with Gasteiger partial charge in [0, 0.05) is 12.7 Å². The third-order valence-electron chi connectivity index (χ3n) is 2.52. The standard InChI is InChI=1S/C12H14FNO/c1-9(15)4-6-14-7-5-10-2-3-11(13)8-12(10)14/h2-3,5,7-9,15H,4,6H2,1H3. The summed E-state index contributed by atoms with van der Waals surface area (Å²) in [5.41, 5.74) is 0.885. The van der Waals surface area contributed by atoms with E-state index < -0.39 is 0 Å². The Morgan fingerprint density at radius 2 is 2.20 bits per heavy atom. The molecule has 1 aromatic carbocycles. The lowest BCUT2D eigenvalue weighted by molar-refractivity contribution is 0.178. The van der Waals surface area contributed by atoms with Gasteiger partial charge in [-0.2, -0.15) is 0 Å². The molecule has 0 radical (unpaired) electrons. The van der Waals surface area contributed by atoms with Crippen LogP contribution in [0.2, 0.25) is 0 Å². The minimum absolute atomic E-state index is 0.223. The Morgan fingerprint density at radius 3 is 2.93 bits per heavy atom. The average molecular weight is 207 g/mol. The fourth-order valence-electron chi connectivity index (χ4n) is 1.68. The number of aromatic nitrogens is 1. The highest BCUT2D eigenvalue weighted by atomic mass is 19.1. The number of nitrogens with zero attached hydrogens (tertiary/aromatic N) is 1. The largest absolute Gasteiger partial charge is 0.393 e. The van der Waals surface area contributed by atoms with Crippen LogP contribution in [0.15, 0.2) is 30.5 Å². The molecule has 1 heterocycles. The molecule has 0 spiro atoms. The van der Waals surface area contributed by atoms with Crippen molar-refractivity contribution >= 4 is 10.9 Å². The molecular weight excluding hydrogens is 193 g/mol. The van der Waals surface area contributed by atoms with Gasteiger partial charge < -0.3 is 9.67 Å². The van der Waals surface area contributed by atoms with Gasteiger partial charge in [-0.1, -0.05) is 0 Å². The van der Waals surface area contributed by atoms with E-state index in [1.165, 1.54) is 12.1 Å². The first-order valence-corrected chi connectivity index (χ1v) is 5.09. The van der Waals surface area contributed by atoms with Gasteiger partial charge in [0.2, 0.25) is 0 Å². The molecule has 0 saturated carbocycles. The Kier molecular flexibility index (Phi) is 2.73. The van der Waals surface area contributed by atoms with Crippen LogP contribution >= 0.6 is 0 Å². The Morgan fingerprint density at radius 1 is 1.40 bits per heavy atom. The van der Waals surface area contributed by atoms with E-state index in [-0.39, 0.29) is 11.9 Å². The lowest BCUT2D eigenvalue weighted by atomic mass is 10.2. The van der Waals surface area contributed by atoms with Gasteiger partial charge in [0.1, 0.15) is 5.82 Å². The highest BCUT2D eigenvalue weighted by molar-refractivity contribution is 5.80. The lowest BCUT2D eigenvalue weighted by Gasteiger charge is -2.07. The summed E-state index contributed by atoms with van der Waals surface area (Å²) in [6.45, 7) is 2.47. The highest BCUT2D eigenvalue weighted by Crippen LogP contribution is 2.17. The first-order chi connectivity index (χ1) is 7.16. The van der Waals surface area contributed by atoms with Crippen LogP contribution in [0.4, 0.5) is 4.39 Å². The van der Waals surface area contributed by atoms with E-state index in [1.807, 2.05) is 16.8 Å². The molecule has 1 aromatic heterocycles. The third-order valence-corrected chi connectivity index (χ3v) is 2.52. The molecule has 0 aliphatic carbocycles. The molecule has 0 aliphatic heterocycles. The Balaban J connectivity index is 2.31. The van der Waals surface area contributed by atoms with Crippen LogP contribution in [0, 0.1) is 5.82 Å². The van der Waals surface area contributed by atoms with E-state index in [0.717, 1.165) is 10.9 Å². The van der Waals surface area contributed by atoms with Crippen molar-refractivity contribution in [3.05, 3.63) is 36.3 Å². The Hall–Kier alpha value is -1.35. The maximum Gasteiger partial charge on any atom is 0.125 e. The van der Waals surface area contributed by atoms with E-state index in [4.69, 9.17) is 0 Å². The number of fused-ring (bicyclic) bond motifs is 1. The quantitative estimate of drug-likeness (QED) is 0.822. The van der Waals surface area contributed by atoms with E-state index in [1.54, 1.807) is 13.0 Å². The molecule has 80 valence electrons. The van der Waals surface area contributed by atoms with Gasteiger partial charge in [-0.15, -0.1) is 0 Å². The molecule has 0 saturated heterocycles. The monoisotopic (exact) mass is 207 g/mol. The van der Waals surface area contributed by atoms with Gasteiger partial charge in [0.15, 0.2) is 0 Å². The SMILES string of the molecule is CC(O)CCn1ccc2ccc(F)cc21. The second-order valence-electron chi connectivity index (χ2n) is 3.85. The molecule has 0 aliphatic rings. The number of rotatable bonds is 3. The van der Waals surface area contributed by atoms with Crippen molar-refractivity contribution in [3.63, 3.8) is 0 Å². The fraction of sp³-hybridized carbons (Fsp3) is 0.333. The Labute approximate surface area is 88.0 Å².